The zero-order valence-corrected chi connectivity index (χ0v) is 8.98. The average molecular weight is 242 g/mol. The Morgan fingerprint density at radius 3 is 2.80 bits per heavy atom. The van der Waals surface area contributed by atoms with Crippen LogP contribution in [0.5, 0.6) is 0 Å². The number of halogens is 2. The fourth-order valence-electron chi connectivity index (χ4n) is 1.15. The maximum absolute atomic E-state index is 13.0. The Morgan fingerprint density at radius 1 is 1.40 bits per heavy atom. The molecule has 0 aliphatic rings. The van der Waals surface area contributed by atoms with E-state index in [-0.39, 0.29) is 0 Å². The number of hydrogen-bond donors (Lipinski definition) is 0. The lowest BCUT2D eigenvalue weighted by Crippen LogP contribution is -1.82. The second-order valence-electron chi connectivity index (χ2n) is 2.85. The molecule has 2 aromatic rings. The van der Waals surface area contributed by atoms with Crippen molar-refractivity contribution in [2.24, 2.45) is 0 Å². The third-order valence-corrected chi connectivity index (χ3v) is 2.88. The molecule has 0 atom stereocenters. The van der Waals surface area contributed by atoms with Gasteiger partial charge < -0.3 is 0 Å². The van der Waals surface area contributed by atoms with E-state index in [1.54, 1.807) is 11.4 Å². The number of carbonyl (C=O) groups is 1. The molecular weight excluding hydrogens is 237 g/mol. The highest BCUT2D eigenvalue weighted by Crippen LogP contribution is 2.26. The quantitative estimate of drug-likeness (QED) is 0.754. The van der Waals surface area contributed by atoms with Crippen LogP contribution in [0.15, 0.2) is 23.6 Å². The molecule has 1 heterocycles. The van der Waals surface area contributed by atoms with E-state index in [9.17, 15) is 9.18 Å². The van der Waals surface area contributed by atoms with Crippen LogP contribution in [0.1, 0.15) is 10.5 Å². The summed E-state index contributed by atoms with van der Waals surface area (Å²) < 4.78 is 13.0. The van der Waals surface area contributed by atoms with E-state index in [1.165, 1.54) is 23.5 Å². The number of nitrogens with zero attached hydrogens (tertiary/aromatic N) is 1. The first-order valence-corrected chi connectivity index (χ1v) is 5.32. The van der Waals surface area contributed by atoms with E-state index in [2.05, 4.69) is 4.98 Å². The van der Waals surface area contributed by atoms with Gasteiger partial charge in [0.05, 0.1) is 0 Å². The van der Waals surface area contributed by atoms with E-state index < -0.39 is 5.82 Å². The summed E-state index contributed by atoms with van der Waals surface area (Å²) in [4.78, 5) is 14.4. The number of thiazole rings is 1. The highest BCUT2D eigenvalue weighted by Gasteiger charge is 2.06. The third kappa shape index (κ3) is 2.22. The molecule has 0 amide bonds. The molecular formula is C10H5ClFNOS. The van der Waals surface area contributed by atoms with Gasteiger partial charge in [-0.3, -0.25) is 4.79 Å². The van der Waals surface area contributed by atoms with Crippen LogP contribution in [-0.2, 0) is 0 Å². The maximum atomic E-state index is 13.0. The summed E-state index contributed by atoms with van der Waals surface area (Å²) >= 11 is 6.98. The van der Waals surface area contributed by atoms with Gasteiger partial charge in [-0.25, -0.2) is 9.37 Å². The molecule has 2 nitrogen and oxygen atoms in total. The van der Waals surface area contributed by atoms with Crippen LogP contribution in [0.3, 0.4) is 0 Å². The lowest BCUT2D eigenvalue weighted by atomic mass is 10.2. The number of aldehydes is 1. The zero-order valence-electron chi connectivity index (χ0n) is 7.41. The average Bonchev–Trinajstić information content (AvgIpc) is 2.64. The largest absolute Gasteiger partial charge is 0.296 e. The highest BCUT2D eigenvalue weighted by molar-refractivity contribution is 7.13. The molecule has 0 spiro atoms. The van der Waals surface area contributed by atoms with Crippen molar-refractivity contribution in [2.75, 3.05) is 0 Å². The molecule has 0 unspecified atom stereocenters. The van der Waals surface area contributed by atoms with E-state index >= 15 is 0 Å². The lowest BCUT2D eigenvalue weighted by molar-refractivity contribution is 0.111. The van der Waals surface area contributed by atoms with E-state index in [4.69, 9.17) is 11.6 Å². The lowest BCUT2D eigenvalue weighted by Gasteiger charge is -1.97. The SMILES string of the molecule is O=Cc1csc(-c2cc(F)cc(Cl)c2)n1. The molecule has 0 radical (unpaired) electrons. The van der Waals surface area contributed by atoms with Gasteiger partial charge in [-0.1, -0.05) is 11.6 Å². The minimum Gasteiger partial charge on any atom is -0.296 e. The molecule has 15 heavy (non-hydrogen) atoms. The van der Waals surface area contributed by atoms with Crippen molar-refractivity contribution < 1.29 is 9.18 Å². The van der Waals surface area contributed by atoms with Gasteiger partial charge in [-0.05, 0) is 18.2 Å². The van der Waals surface area contributed by atoms with Crippen LogP contribution in [-0.4, -0.2) is 11.3 Å². The Labute approximate surface area is 94.3 Å². The Balaban J connectivity index is 2.48. The Morgan fingerprint density at radius 2 is 2.20 bits per heavy atom. The van der Waals surface area contributed by atoms with Gasteiger partial charge in [-0.15, -0.1) is 11.3 Å². The molecule has 5 heteroatoms. The summed E-state index contributed by atoms with van der Waals surface area (Å²) in [6, 6.07) is 4.16. The summed E-state index contributed by atoms with van der Waals surface area (Å²) in [7, 11) is 0. The first kappa shape index (κ1) is 10.3. The van der Waals surface area contributed by atoms with Crippen molar-refractivity contribution in [1.29, 1.82) is 0 Å². The van der Waals surface area contributed by atoms with Crippen LogP contribution in [0.25, 0.3) is 10.6 Å². The maximum Gasteiger partial charge on any atom is 0.169 e. The van der Waals surface area contributed by atoms with Crippen molar-refractivity contribution in [1.82, 2.24) is 4.98 Å². The molecule has 0 N–H and O–H groups in total. The Bertz CT molecular complexity index is 492. The summed E-state index contributed by atoms with van der Waals surface area (Å²) in [5.74, 6) is -0.416. The van der Waals surface area contributed by atoms with Gasteiger partial charge in [0.15, 0.2) is 6.29 Å². The van der Waals surface area contributed by atoms with Crippen LogP contribution in [0.4, 0.5) is 4.39 Å². The summed E-state index contributed by atoms with van der Waals surface area (Å²) in [6.45, 7) is 0. The summed E-state index contributed by atoms with van der Waals surface area (Å²) in [6.07, 6.45) is 0.654. The number of hydrogen-bond acceptors (Lipinski definition) is 3. The van der Waals surface area contributed by atoms with E-state index in [1.807, 2.05) is 0 Å². The molecule has 0 aliphatic carbocycles. The molecule has 1 aromatic carbocycles. The summed E-state index contributed by atoms with van der Waals surface area (Å²) in [5.41, 5.74) is 0.925. The number of aromatic nitrogens is 1. The van der Waals surface area contributed by atoms with Crippen molar-refractivity contribution in [2.45, 2.75) is 0 Å². The number of carbonyl (C=O) groups excluding carboxylic acids is 1. The first-order valence-electron chi connectivity index (χ1n) is 4.06. The molecule has 0 bridgehead atoms. The van der Waals surface area contributed by atoms with Gasteiger partial charge in [0, 0.05) is 16.0 Å². The van der Waals surface area contributed by atoms with E-state index in [0.29, 0.717) is 27.6 Å². The minimum absolute atomic E-state index is 0.313. The minimum atomic E-state index is -0.416. The molecule has 1 aromatic heterocycles. The monoisotopic (exact) mass is 241 g/mol. The van der Waals surface area contributed by atoms with Gasteiger partial charge in [-0.2, -0.15) is 0 Å². The van der Waals surface area contributed by atoms with Crippen LogP contribution in [0.2, 0.25) is 5.02 Å². The predicted molar refractivity (Wildman–Crippen MR) is 57.9 cm³/mol. The highest BCUT2D eigenvalue weighted by atomic mass is 35.5. The molecule has 0 saturated carbocycles. The number of rotatable bonds is 2. The molecule has 0 saturated heterocycles. The van der Waals surface area contributed by atoms with Crippen LogP contribution in [0, 0.1) is 5.82 Å². The van der Waals surface area contributed by atoms with Gasteiger partial charge in [0.25, 0.3) is 0 Å². The third-order valence-electron chi connectivity index (χ3n) is 1.75. The predicted octanol–water partition coefficient (Wildman–Crippen LogP) is 3.42. The topological polar surface area (TPSA) is 30.0 Å². The van der Waals surface area contributed by atoms with Crippen LogP contribution >= 0.6 is 22.9 Å². The molecule has 76 valence electrons. The van der Waals surface area contributed by atoms with Crippen molar-refractivity contribution >= 4 is 29.2 Å². The number of benzene rings is 1. The molecule has 0 aliphatic heterocycles. The second-order valence-corrected chi connectivity index (χ2v) is 4.15. The molecule has 2 rings (SSSR count). The van der Waals surface area contributed by atoms with Crippen LogP contribution < -0.4 is 0 Å². The smallest absolute Gasteiger partial charge is 0.169 e. The van der Waals surface area contributed by atoms with Gasteiger partial charge >= 0.3 is 0 Å². The van der Waals surface area contributed by atoms with Gasteiger partial charge in [0.1, 0.15) is 16.5 Å². The van der Waals surface area contributed by atoms with Gasteiger partial charge in [0.2, 0.25) is 0 Å². The fourth-order valence-corrected chi connectivity index (χ4v) is 2.12. The zero-order chi connectivity index (χ0) is 10.8. The standard InChI is InChI=1S/C10H5ClFNOS/c11-7-1-6(2-8(12)3-7)10-13-9(4-14)5-15-10/h1-5H. The fraction of sp³-hybridized carbons (Fsp3) is 0. The first-order chi connectivity index (χ1) is 7.19. The Hall–Kier alpha value is -1.26. The normalized spacial score (nSPS) is 10.3. The van der Waals surface area contributed by atoms with Crippen molar-refractivity contribution in [3.8, 4) is 10.6 Å². The van der Waals surface area contributed by atoms with E-state index in [0.717, 1.165) is 0 Å². The van der Waals surface area contributed by atoms with Crippen molar-refractivity contribution in [3.63, 3.8) is 0 Å². The van der Waals surface area contributed by atoms with Crippen molar-refractivity contribution in [3.05, 3.63) is 40.1 Å². The second kappa shape index (κ2) is 4.08. The summed E-state index contributed by atoms with van der Waals surface area (Å²) in [5, 5.41) is 2.51. The molecule has 0 fully saturated rings. The Kier molecular flexibility index (Phi) is 2.79.